The summed E-state index contributed by atoms with van der Waals surface area (Å²) in [5, 5.41) is 2.91. The quantitative estimate of drug-likeness (QED) is 0.862. The molecular weight excluding hydrogens is 278 g/mol. The van der Waals surface area contributed by atoms with E-state index in [0.717, 1.165) is 31.7 Å². The predicted molar refractivity (Wildman–Crippen MR) is 79.3 cm³/mol. The van der Waals surface area contributed by atoms with Gasteiger partial charge in [-0.25, -0.2) is 0 Å². The second kappa shape index (κ2) is 5.97. The van der Waals surface area contributed by atoms with Crippen LogP contribution in [-0.2, 0) is 11.3 Å². The lowest BCUT2D eigenvalue weighted by atomic mass is 9.83. The number of nitrogens with zero attached hydrogens (tertiary/aromatic N) is 2. The van der Waals surface area contributed by atoms with Crippen molar-refractivity contribution in [2.24, 2.45) is 5.92 Å². The summed E-state index contributed by atoms with van der Waals surface area (Å²) in [6, 6.07) is 5.46. The lowest BCUT2D eigenvalue weighted by molar-refractivity contribution is -0.132. The number of amides is 1. The molecule has 0 aliphatic carbocycles. The van der Waals surface area contributed by atoms with E-state index in [1.165, 1.54) is 0 Å². The zero-order valence-corrected chi connectivity index (χ0v) is 12.4. The van der Waals surface area contributed by atoms with Gasteiger partial charge in [-0.15, -0.1) is 12.4 Å². The van der Waals surface area contributed by atoms with Crippen LogP contribution in [0.25, 0.3) is 0 Å². The number of carbonyl (C=O) groups is 1. The molecule has 1 N–H and O–H groups in total. The second-order valence-electron chi connectivity index (χ2n) is 5.53. The number of nitrogens with one attached hydrogen (secondary N) is 1. The minimum absolute atomic E-state index is 0. The van der Waals surface area contributed by atoms with E-state index in [4.69, 9.17) is 0 Å². The van der Waals surface area contributed by atoms with Crippen LogP contribution in [0.2, 0.25) is 0 Å². The minimum Gasteiger partial charge on any atom is -0.341 e. The van der Waals surface area contributed by atoms with E-state index in [2.05, 4.69) is 5.32 Å². The topological polar surface area (TPSA) is 54.3 Å². The van der Waals surface area contributed by atoms with Crippen LogP contribution in [0.4, 0.5) is 0 Å². The van der Waals surface area contributed by atoms with Gasteiger partial charge < -0.3 is 14.8 Å². The van der Waals surface area contributed by atoms with Crippen LogP contribution in [0.3, 0.4) is 0 Å². The summed E-state index contributed by atoms with van der Waals surface area (Å²) in [6.45, 7) is 2.65. The molecule has 1 fully saturated rings. The lowest BCUT2D eigenvalue weighted by Crippen LogP contribution is -2.50. The SMILES string of the molecule is CNCC(=O)N1CC2CC(C1)c1cccc(=O)n1C2.Cl. The van der Waals surface area contributed by atoms with Crippen LogP contribution < -0.4 is 10.9 Å². The van der Waals surface area contributed by atoms with Crippen LogP contribution in [0, 0.1) is 5.92 Å². The standard InChI is InChI=1S/C14H19N3O2.ClH/c1-15-6-14(19)16-7-10-5-11(9-16)12-3-2-4-13(18)17(12)8-10;/h2-4,10-11,15H,5-9H2,1H3;1H. The molecule has 2 atom stereocenters. The molecule has 0 saturated carbocycles. The molecule has 3 rings (SSSR count). The third-order valence-electron chi connectivity index (χ3n) is 4.16. The number of likely N-dealkylation sites (tertiary alicyclic amines) is 1. The number of carbonyl (C=O) groups excluding carboxylic acids is 1. The number of piperidine rings is 1. The number of aromatic nitrogens is 1. The summed E-state index contributed by atoms with van der Waals surface area (Å²) in [4.78, 5) is 25.8. The van der Waals surface area contributed by atoms with Gasteiger partial charge in [-0.1, -0.05) is 6.07 Å². The average Bonchev–Trinajstić information content (AvgIpc) is 2.40. The number of pyridine rings is 1. The molecule has 20 heavy (non-hydrogen) atoms. The number of rotatable bonds is 2. The number of hydrogen-bond donors (Lipinski definition) is 1. The molecule has 0 aromatic carbocycles. The maximum Gasteiger partial charge on any atom is 0.250 e. The number of likely N-dealkylation sites (N-methyl/N-ethyl adjacent to an activating group) is 1. The first kappa shape index (κ1) is 15.1. The van der Waals surface area contributed by atoms with Gasteiger partial charge in [-0.3, -0.25) is 9.59 Å². The van der Waals surface area contributed by atoms with E-state index in [1.807, 2.05) is 21.6 Å². The van der Waals surface area contributed by atoms with Crippen LogP contribution in [0.5, 0.6) is 0 Å². The Bertz CT molecular complexity index is 558. The summed E-state index contributed by atoms with van der Waals surface area (Å²) < 4.78 is 1.89. The van der Waals surface area contributed by atoms with Crippen LogP contribution in [0.1, 0.15) is 18.0 Å². The van der Waals surface area contributed by atoms with Crippen LogP contribution >= 0.6 is 12.4 Å². The van der Waals surface area contributed by atoms with Gasteiger partial charge >= 0.3 is 0 Å². The van der Waals surface area contributed by atoms with Crippen molar-refractivity contribution in [3.63, 3.8) is 0 Å². The van der Waals surface area contributed by atoms with Gasteiger partial charge in [0.25, 0.3) is 5.56 Å². The van der Waals surface area contributed by atoms with Crippen molar-refractivity contribution in [2.75, 3.05) is 26.7 Å². The normalized spacial score (nSPS) is 23.8. The summed E-state index contributed by atoms with van der Waals surface area (Å²) >= 11 is 0. The second-order valence-corrected chi connectivity index (χ2v) is 5.53. The van der Waals surface area contributed by atoms with E-state index in [-0.39, 0.29) is 23.9 Å². The Hall–Kier alpha value is -1.33. The summed E-state index contributed by atoms with van der Waals surface area (Å²) in [5.41, 5.74) is 1.17. The van der Waals surface area contributed by atoms with Crippen molar-refractivity contribution in [3.8, 4) is 0 Å². The van der Waals surface area contributed by atoms with Crippen LogP contribution in [0.15, 0.2) is 23.0 Å². The fourth-order valence-corrected chi connectivity index (χ4v) is 3.36. The minimum atomic E-state index is 0. The maximum absolute atomic E-state index is 12.0. The molecule has 1 aromatic heterocycles. The van der Waals surface area contributed by atoms with E-state index in [0.29, 0.717) is 18.4 Å². The van der Waals surface area contributed by atoms with E-state index in [1.54, 1.807) is 13.1 Å². The molecule has 1 aromatic rings. The van der Waals surface area contributed by atoms with Gasteiger partial charge in [0.15, 0.2) is 0 Å². The Morgan fingerprint density at radius 3 is 2.90 bits per heavy atom. The maximum atomic E-state index is 12.0. The summed E-state index contributed by atoms with van der Waals surface area (Å²) in [7, 11) is 1.79. The molecule has 2 aliphatic heterocycles. The average molecular weight is 298 g/mol. The monoisotopic (exact) mass is 297 g/mol. The molecule has 2 aliphatic rings. The molecular formula is C14H20ClN3O2. The van der Waals surface area contributed by atoms with Crippen molar-refractivity contribution in [1.29, 1.82) is 0 Å². The zero-order chi connectivity index (χ0) is 13.4. The van der Waals surface area contributed by atoms with Gasteiger partial charge in [0.1, 0.15) is 0 Å². The Balaban J connectivity index is 0.00000147. The number of halogens is 1. The van der Waals surface area contributed by atoms with Gasteiger partial charge in [0, 0.05) is 37.3 Å². The third kappa shape index (κ3) is 2.60. The highest BCUT2D eigenvalue weighted by molar-refractivity contribution is 5.85. The highest BCUT2D eigenvalue weighted by Crippen LogP contribution is 2.34. The molecule has 0 radical (unpaired) electrons. The first-order valence-electron chi connectivity index (χ1n) is 6.81. The molecule has 0 spiro atoms. The van der Waals surface area contributed by atoms with E-state index >= 15 is 0 Å². The fourth-order valence-electron chi connectivity index (χ4n) is 3.36. The van der Waals surface area contributed by atoms with Gasteiger partial charge in [-0.05, 0) is 25.5 Å². The molecule has 6 heteroatoms. The van der Waals surface area contributed by atoms with Crippen molar-refractivity contribution in [3.05, 3.63) is 34.2 Å². The first-order chi connectivity index (χ1) is 9.19. The molecule has 3 heterocycles. The molecule has 2 bridgehead atoms. The first-order valence-corrected chi connectivity index (χ1v) is 6.81. The van der Waals surface area contributed by atoms with Crippen molar-refractivity contribution in [1.82, 2.24) is 14.8 Å². The van der Waals surface area contributed by atoms with E-state index < -0.39 is 0 Å². The Kier molecular flexibility index (Phi) is 4.50. The van der Waals surface area contributed by atoms with Gasteiger partial charge in [0.2, 0.25) is 5.91 Å². The van der Waals surface area contributed by atoms with Crippen molar-refractivity contribution in [2.45, 2.75) is 18.9 Å². The van der Waals surface area contributed by atoms with Gasteiger partial charge in [0.05, 0.1) is 6.54 Å². The van der Waals surface area contributed by atoms with Gasteiger partial charge in [-0.2, -0.15) is 0 Å². The Morgan fingerprint density at radius 2 is 2.15 bits per heavy atom. The molecule has 110 valence electrons. The molecule has 1 saturated heterocycles. The Labute approximate surface area is 124 Å². The van der Waals surface area contributed by atoms with Crippen molar-refractivity contribution < 1.29 is 4.79 Å². The summed E-state index contributed by atoms with van der Waals surface area (Å²) in [6.07, 6.45) is 1.09. The third-order valence-corrected chi connectivity index (χ3v) is 4.16. The van der Waals surface area contributed by atoms with E-state index in [9.17, 15) is 9.59 Å². The lowest BCUT2D eigenvalue weighted by Gasteiger charge is -2.42. The number of hydrogen-bond acceptors (Lipinski definition) is 3. The van der Waals surface area contributed by atoms with Crippen molar-refractivity contribution >= 4 is 18.3 Å². The molecule has 1 amide bonds. The largest absolute Gasteiger partial charge is 0.341 e. The highest BCUT2D eigenvalue weighted by atomic mass is 35.5. The molecule has 5 nitrogen and oxygen atoms in total. The molecule has 2 unspecified atom stereocenters. The number of fused-ring (bicyclic) bond motifs is 4. The highest BCUT2D eigenvalue weighted by Gasteiger charge is 2.35. The van der Waals surface area contributed by atoms with Crippen LogP contribution in [-0.4, -0.2) is 42.1 Å². The smallest absolute Gasteiger partial charge is 0.250 e. The fraction of sp³-hybridized carbons (Fsp3) is 0.571. The predicted octanol–water partition coefficient (Wildman–Crippen LogP) is 0.435. The zero-order valence-electron chi connectivity index (χ0n) is 11.5. The Morgan fingerprint density at radius 1 is 1.35 bits per heavy atom. The summed E-state index contributed by atoms with van der Waals surface area (Å²) in [5.74, 6) is 0.873.